The first-order valence-electron chi connectivity index (χ1n) is 9.02. The Kier molecular flexibility index (Phi) is 8.31. The Bertz CT molecular complexity index is 905. The molecular formula is C20H24Cl2N2O3S. The van der Waals surface area contributed by atoms with Crippen molar-refractivity contribution < 1.29 is 13.2 Å². The average Bonchev–Trinajstić information content (AvgIpc) is 2.64. The van der Waals surface area contributed by atoms with Crippen LogP contribution in [0.1, 0.15) is 32.3 Å². The van der Waals surface area contributed by atoms with E-state index in [1.807, 2.05) is 32.0 Å². The lowest BCUT2D eigenvalue weighted by atomic mass is 10.2. The highest BCUT2D eigenvalue weighted by Gasteiger charge is 2.29. The van der Waals surface area contributed by atoms with Gasteiger partial charge in [0.05, 0.1) is 11.6 Å². The van der Waals surface area contributed by atoms with E-state index in [9.17, 15) is 13.2 Å². The summed E-state index contributed by atoms with van der Waals surface area (Å²) in [5.74, 6) is -0.362. The van der Waals surface area contributed by atoms with Crippen molar-refractivity contribution in [1.82, 2.24) is 9.62 Å². The van der Waals surface area contributed by atoms with Gasteiger partial charge in [-0.15, -0.1) is 0 Å². The van der Waals surface area contributed by atoms with Crippen molar-refractivity contribution in [3.05, 3.63) is 64.1 Å². The van der Waals surface area contributed by atoms with Gasteiger partial charge < -0.3 is 5.32 Å². The fourth-order valence-electron chi connectivity index (χ4n) is 2.81. The van der Waals surface area contributed by atoms with Gasteiger partial charge in [0.1, 0.15) is 4.90 Å². The molecule has 0 radical (unpaired) electrons. The highest BCUT2D eigenvalue weighted by molar-refractivity contribution is 7.89. The lowest BCUT2D eigenvalue weighted by Crippen LogP contribution is -2.43. The van der Waals surface area contributed by atoms with Gasteiger partial charge in [-0.3, -0.25) is 4.79 Å². The number of nitrogens with one attached hydrogen (secondary N) is 1. The van der Waals surface area contributed by atoms with Gasteiger partial charge in [0, 0.05) is 17.6 Å². The van der Waals surface area contributed by atoms with Crippen LogP contribution in [0.2, 0.25) is 10.0 Å². The third-order valence-electron chi connectivity index (χ3n) is 4.16. The molecule has 28 heavy (non-hydrogen) atoms. The Morgan fingerprint density at radius 2 is 1.82 bits per heavy atom. The van der Waals surface area contributed by atoms with E-state index in [1.165, 1.54) is 18.2 Å². The minimum Gasteiger partial charge on any atom is -0.353 e. The van der Waals surface area contributed by atoms with E-state index in [4.69, 9.17) is 23.2 Å². The first-order valence-corrected chi connectivity index (χ1v) is 11.2. The Morgan fingerprint density at radius 3 is 2.46 bits per heavy atom. The van der Waals surface area contributed by atoms with Crippen LogP contribution < -0.4 is 5.32 Å². The van der Waals surface area contributed by atoms with Crippen LogP contribution in [0.4, 0.5) is 0 Å². The third-order valence-corrected chi connectivity index (χ3v) is 6.67. The van der Waals surface area contributed by atoms with E-state index in [2.05, 4.69) is 5.32 Å². The molecule has 0 unspecified atom stereocenters. The summed E-state index contributed by atoms with van der Waals surface area (Å²) in [4.78, 5) is 12.4. The van der Waals surface area contributed by atoms with Crippen LogP contribution in [0.25, 0.3) is 0 Å². The second-order valence-corrected chi connectivity index (χ2v) is 9.34. The Labute approximate surface area is 176 Å². The van der Waals surface area contributed by atoms with Gasteiger partial charge in [-0.05, 0) is 37.1 Å². The molecule has 0 bridgehead atoms. The van der Waals surface area contributed by atoms with E-state index in [0.29, 0.717) is 0 Å². The summed E-state index contributed by atoms with van der Waals surface area (Å²) < 4.78 is 27.6. The molecule has 0 heterocycles. The smallest absolute Gasteiger partial charge is 0.245 e. The molecule has 0 fully saturated rings. The predicted octanol–water partition coefficient (Wildman–Crippen LogP) is 4.49. The monoisotopic (exact) mass is 442 g/mol. The molecule has 152 valence electrons. The molecule has 8 heteroatoms. The second kappa shape index (κ2) is 10.3. The number of hydrogen-bond acceptors (Lipinski definition) is 3. The van der Waals surface area contributed by atoms with Gasteiger partial charge >= 0.3 is 0 Å². The molecule has 0 aliphatic rings. The summed E-state index contributed by atoms with van der Waals surface area (Å²) in [6.07, 6.45) is 1.74. The SMILES string of the molecule is CCC[C@@H](C)NC(=O)CN(Cc1ccccc1)S(=O)(=O)c1cc(Cl)ccc1Cl. The summed E-state index contributed by atoms with van der Waals surface area (Å²) in [6, 6.07) is 13.3. The number of rotatable bonds is 9. The molecule has 5 nitrogen and oxygen atoms in total. The molecule has 2 aromatic rings. The van der Waals surface area contributed by atoms with E-state index in [-0.39, 0.29) is 40.0 Å². The fraction of sp³-hybridized carbons (Fsp3) is 0.350. The molecule has 1 N–H and O–H groups in total. The number of sulfonamides is 1. The standard InChI is InChI=1S/C20H24Cl2N2O3S/c1-3-7-15(2)23-20(25)14-24(13-16-8-5-4-6-9-16)28(26,27)19-12-17(21)10-11-18(19)22/h4-6,8-12,15H,3,7,13-14H2,1-2H3,(H,23,25)/t15-/m1/s1. The maximum atomic E-state index is 13.3. The number of nitrogens with zero attached hydrogens (tertiary/aromatic N) is 1. The molecule has 1 atom stereocenters. The number of hydrogen-bond donors (Lipinski definition) is 1. The van der Waals surface area contributed by atoms with Crippen molar-refractivity contribution >= 4 is 39.1 Å². The Hall–Kier alpha value is -1.60. The van der Waals surface area contributed by atoms with Crippen molar-refractivity contribution in [1.29, 1.82) is 0 Å². The molecule has 0 saturated heterocycles. The van der Waals surface area contributed by atoms with Gasteiger partial charge in [-0.1, -0.05) is 66.9 Å². The molecule has 2 aromatic carbocycles. The topological polar surface area (TPSA) is 66.5 Å². The van der Waals surface area contributed by atoms with E-state index in [1.54, 1.807) is 12.1 Å². The molecule has 2 rings (SSSR count). The van der Waals surface area contributed by atoms with Crippen molar-refractivity contribution in [2.45, 2.75) is 44.2 Å². The van der Waals surface area contributed by atoms with Crippen LogP contribution in [0.15, 0.2) is 53.4 Å². The van der Waals surface area contributed by atoms with Crippen molar-refractivity contribution in [2.24, 2.45) is 0 Å². The van der Waals surface area contributed by atoms with Gasteiger partial charge in [0.25, 0.3) is 0 Å². The van der Waals surface area contributed by atoms with Crippen LogP contribution >= 0.6 is 23.2 Å². The molecule has 0 aliphatic heterocycles. The number of carbonyl (C=O) groups excluding carboxylic acids is 1. The van der Waals surface area contributed by atoms with Crippen LogP contribution in [0.5, 0.6) is 0 Å². The zero-order chi connectivity index (χ0) is 20.7. The van der Waals surface area contributed by atoms with Gasteiger partial charge in [0.15, 0.2) is 0 Å². The second-order valence-electron chi connectivity index (χ2n) is 6.59. The molecule has 0 spiro atoms. The van der Waals surface area contributed by atoms with Crippen LogP contribution in [0, 0.1) is 0 Å². The normalized spacial score (nSPS) is 12.8. The number of halogens is 2. The summed E-state index contributed by atoms with van der Waals surface area (Å²) in [6.45, 7) is 3.65. The molecule has 0 aromatic heterocycles. The molecule has 0 saturated carbocycles. The van der Waals surface area contributed by atoms with Crippen LogP contribution in [-0.4, -0.2) is 31.2 Å². The Morgan fingerprint density at radius 1 is 1.14 bits per heavy atom. The van der Waals surface area contributed by atoms with E-state index >= 15 is 0 Å². The zero-order valence-electron chi connectivity index (χ0n) is 15.9. The summed E-state index contributed by atoms with van der Waals surface area (Å²) in [5.41, 5.74) is 0.763. The molecule has 0 aliphatic carbocycles. The summed E-state index contributed by atoms with van der Waals surface area (Å²) >= 11 is 12.1. The molecule has 1 amide bonds. The number of benzene rings is 2. The first kappa shape index (κ1) is 22.7. The average molecular weight is 443 g/mol. The summed E-state index contributed by atoms with van der Waals surface area (Å²) in [5, 5.41) is 3.15. The Balaban J connectivity index is 2.34. The minimum absolute atomic E-state index is 0.0338. The molecular weight excluding hydrogens is 419 g/mol. The van der Waals surface area contributed by atoms with Crippen molar-refractivity contribution in [3.8, 4) is 0 Å². The van der Waals surface area contributed by atoms with E-state index in [0.717, 1.165) is 22.7 Å². The maximum Gasteiger partial charge on any atom is 0.245 e. The van der Waals surface area contributed by atoms with Crippen LogP contribution in [0.3, 0.4) is 0 Å². The van der Waals surface area contributed by atoms with Crippen molar-refractivity contribution in [3.63, 3.8) is 0 Å². The van der Waals surface area contributed by atoms with Crippen LogP contribution in [-0.2, 0) is 21.4 Å². The fourth-order valence-corrected chi connectivity index (χ4v) is 4.93. The largest absolute Gasteiger partial charge is 0.353 e. The third kappa shape index (κ3) is 6.21. The number of carbonyl (C=O) groups is 1. The van der Waals surface area contributed by atoms with Crippen molar-refractivity contribution in [2.75, 3.05) is 6.54 Å². The highest BCUT2D eigenvalue weighted by atomic mass is 35.5. The number of amides is 1. The first-order chi connectivity index (χ1) is 13.2. The minimum atomic E-state index is -4.04. The highest BCUT2D eigenvalue weighted by Crippen LogP contribution is 2.28. The quantitative estimate of drug-likeness (QED) is 0.621. The maximum absolute atomic E-state index is 13.3. The summed E-state index contributed by atoms with van der Waals surface area (Å²) in [7, 11) is -4.04. The predicted molar refractivity (Wildman–Crippen MR) is 113 cm³/mol. The van der Waals surface area contributed by atoms with E-state index < -0.39 is 10.0 Å². The van der Waals surface area contributed by atoms with Gasteiger partial charge in [0.2, 0.25) is 15.9 Å². The van der Waals surface area contributed by atoms with Gasteiger partial charge in [-0.2, -0.15) is 4.31 Å². The lowest BCUT2D eigenvalue weighted by molar-refractivity contribution is -0.122. The lowest BCUT2D eigenvalue weighted by Gasteiger charge is -2.23. The zero-order valence-corrected chi connectivity index (χ0v) is 18.2. The van der Waals surface area contributed by atoms with Gasteiger partial charge in [-0.25, -0.2) is 8.42 Å².